The molecule has 0 spiro atoms. The van der Waals surface area contributed by atoms with Gasteiger partial charge in [0.25, 0.3) is 0 Å². The summed E-state index contributed by atoms with van der Waals surface area (Å²) in [5, 5.41) is 29.0. The largest absolute Gasteiger partial charge is 0.396 e. The molecule has 5 rings (SSSR count). The summed E-state index contributed by atoms with van der Waals surface area (Å²) < 4.78 is 5.42. The third-order valence-corrected chi connectivity index (χ3v) is 10.5. The lowest BCUT2D eigenvalue weighted by molar-refractivity contribution is -0.144. The maximum Gasteiger partial charge on any atom is 0.220 e. The van der Waals surface area contributed by atoms with Crippen LogP contribution in [0, 0.1) is 16.7 Å². The van der Waals surface area contributed by atoms with E-state index in [1.54, 1.807) is 11.3 Å². The quantitative estimate of drug-likeness (QED) is 0.386. The molecule has 0 bridgehead atoms. The maximum absolute atomic E-state index is 13.3. The van der Waals surface area contributed by atoms with E-state index in [0.717, 1.165) is 56.5 Å². The van der Waals surface area contributed by atoms with Crippen LogP contribution in [0.4, 0.5) is 5.13 Å². The molecule has 1 saturated heterocycles. The molecule has 2 aliphatic carbocycles. The van der Waals surface area contributed by atoms with Gasteiger partial charge in [-0.15, -0.1) is 11.3 Å². The molecule has 5 unspecified atom stereocenters. The number of nitrogens with zero attached hydrogens (tertiary/aromatic N) is 2. The third-order valence-electron chi connectivity index (χ3n) is 9.42. The van der Waals surface area contributed by atoms with Crippen molar-refractivity contribution in [1.82, 2.24) is 15.2 Å². The molecule has 2 heterocycles. The van der Waals surface area contributed by atoms with E-state index in [1.807, 2.05) is 25.1 Å². The summed E-state index contributed by atoms with van der Waals surface area (Å²) in [5.74, 6) is 0.0334. The SMILES string of the molecule is CC1(CO)C(O)CCC2(C)C(CC(=O)NCCN3CCOCC3)c3nc(NCc4ccccc4)sc3CC12. The predicted molar refractivity (Wildman–Crippen MR) is 149 cm³/mol. The van der Waals surface area contributed by atoms with Gasteiger partial charge >= 0.3 is 0 Å². The number of carbonyl (C=O) groups excluding carboxylic acids is 1. The van der Waals surface area contributed by atoms with E-state index in [-0.39, 0.29) is 29.8 Å². The number of amides is 1. The molecule has 1 amide bonds. The molecule has 4 N–H and O–H groups in total. The minimum atomic E-state index is -0.614. The van der Waals surface area contributed by atoms with Crippen molar-refractivity contribution >= 4 is 22.4 Å². The summed E-state index contributed by atoms with van der Waals surface area (Å²) in [6.45, 7) is 9.63. The monoisotopic (exact) mass is 542 g/mol. The van der Waals surface area contributed by atoms with Gasteiger partial charge in [-0.3, -0.25) is 9.69 Å². The number of thiazole rings is 1. The first kappa shape index (κ1) is 27.5. The average molecular weight is 543 g/mol. The van der Waals surface area contributed by atoms with E-state index >= 15 is 0 Å². The second-order valence-electron chi connectivity index (χ2n) is 11.7. The molecule has 1 aromatic carbocycles. The molecule has 208 valence electrons. The highest BCUT2D eigenvalue weighted by Gasteiger charge is 2.59. The number of hydrogen-bond acceptors (Lipinski definition) is 8. The van der Waals surface area contributed by atoms with Gasteiger partial charge in [0.15, 0.2) is 5.13 Å². The number of morpholine rings is 1. The van der Waals surface area contributed by atoms with Crippen molar-refractivity contribution < 1.29 is 19.7 Å². The van der Waals surface area contributed by atoms with E-state index in [4.69, 9.17) is 9.72 Å². The van der Waals surface area contributed by atoms with Gasteiger partial charge in [-0.25, -0.2) is 4.98 Å². The Kier molecular flexibility index (Phi) is 8.40. The van der Waals surface area contributed by atoms with Crippen molar-refractivity contribution in [2.75, 3.05) is 51.3 Å². The van der Waals surface area contributed by atoms with Crippen LogP contribution in [-0.4, -0.2) is 78.1 Å². The highest BCUT2D eigenvalue weighted by molar-refractivity contribution is 7.15. The molecule has 1 aromatic heterocycles. The van der Waals surface area contributed by atoms with Crippen LogP contribution < -0.4 is 10.6 Å². The molecule has 0 radical (unpaired) electrons. The van der Waals surface area contributed by atoms with Crippen molar-refractivity contribution in [2.24, 2.45) is 16.7 Å². The van der Waals surface area contributed by atoms with Crippen molar-refractivity contribution in [2.45, 2.75) is 58.1 Å². The maximum atomic E-state index is 13.3. The number of anilines is 1. The summed E-state index contributed by atoms with van der Waals surface area (Å²) in [6, 6.07) is 10.3. The number of hydrogen-bond donors (Lipinski definition) is 4. The van der Waals surface area contributed by atoms with Crippen LogP contribution in [-0.2, 0) is 22.5 Å². The number of rotatable bonds is 9. The predicted octanol–water partition coefficient (Wildman–Crippen LogP) is 3.01. The summed E-state index contributed by atoms with van der Waals surface area (Å²) in [5.41, 5.74) is 1.35. The third kappa shape index (κ3) is 5.49. The molecule has 38 heavy (non-hydrogen) atoms. The number of nitrogens with one attached hydrogen (secondary N) is 2. The molecule has 5 atom stereocenters. The zero-order valence-corrected chi connectivity index (χ0v) is 23.4. The Hall–Kier alpha value is -2.04. The summed E-state index contributed by atoms with van der Waals surface area (Å²) >= 11 is 1.65. The first-order valence-electron chi connectivity index (χ1n) is 14.0. The van der Waals surface area contributed by atoms with Gasteiger partial charge in [0.1, 0.15) is 0 Å². The Morgan fingerprint density at radius 3 is 2.74 bits per heavy atom. The van der Waals surface area contributed by atoms with Crippen LogP contribution in [0.15, 0.2) is 30.3 Å². The van der Waals surface area contributed by atoms with Crippen molar-refractivity contribution in [1.29, 1.82) is 0 Å². The van der Waals surface area contributed by atoms with Crippen LogP contribution >= 0.6 is 11.3 Å². The number of benzene rings is 1. The van der Waals surface area contributed by atoms with Gasteiger partial charge in [-0.2, -0.15) is 0 Å². The molecule has 2 aromatic rings. The highest BCUT2D eigenvalue weighted by atomic mass is 32.1. The Morgan fingerprint density at radius 1 is 1.24 bits per heavy atom. The topological polar surface area (TPSA) is 107 Å². The lowest BCUT2D eigenvalue weighted by Gasteiger charge is -2.58. The number of aromatic nitrogens is 1. The zero-order valence-electron chi connectivity index (χ0n) is 22.6. The van der Waals surface area contributed by atoms with E-state index in [1.165, 1.54) is 10.4 Å². The fourth-order valence-electron chi connectivity index (χ4n) is 6.93. The van der Waals surface area contributed by atoms with E-state index in [2.05, 4.69) is 34.6 Å². The van der Waals surface area contributed by atoms with Gasteiger partial charge in [-0.1, -0.05) is 44.2 Å². The van der Waals surface area contributed by atoms with Gasteiger partial charge in [0.2, 0.25) is 5.91 Å². The molecule has 8 nitrogen and oxygen atoms in total. The average Bonchev–Trinajstić information content (AvgIpc) is 3.35. The first-order chi connectivity index (χ1) is 18.3. The number of carbonyl (C=O) groups is 1. The smallest absolute Gasteiger partial charge is 0.220 e. The fraction of sp³-hybridized carbons (Fsp3) is 0.655. The van der Waals surface area contributed by atoms with Crippen molar-refractivity contribution in [3.63, 3.8) is 0 Å². The normalized spacial score (nSPS) is 31.3. The second-order valence-corrected chi connectivity index (χ2v) is 12.8. The zero-order chi connectivity index (χ0) is 26.8. The van der Waals surface area contributed by atoms with Gasteiger partial charge in [0.05, 0.1) is 31.6 Å². The minimum Gasteiger partial charge on any atom is -0.396 e. The Labute approximate surface area is 229 Å². The molecule has 2 fully saturated rings. The summed E-state index contributed by atoms with van der Waals surface area (Å²) in [4.78, 5) is 21.9. The molecular weight excluding hydrogens is 500 g/mol. The van der Waals surface area contributed by atoms with E-state index < -0.39 is 11.5 Å². The number of fused-ring (bicyclic) bond motifs is 2. The fourth-order valence-corrected chi connectivity index (χ4v) is 7.99. The lowest BCUT2D eigenvalue weighted by atomic mass is 9.47. The molecule has 3 aliphatic rings. The van der Waals surface area contributed by atoms with Crippen LogP contribution in [0.5, 0.6) is 0 Å². The van der Waals surface area contributed by atoms with Crippen LogP contribution in [0.25, 0.3) is 0 Å². The van der Waals surface area contributed by atoms with Crippen LogP contribution in [0.3, 0.4) is 0 Å². The number of ether oxygens (including phenoxy) is 1. The molecule has 1 aliphatic heterocycles. The number of aliphatic hydroxyl groups is 2. The molecule has 9 heteroatoms. The van der Waals surface area contributed by atoms with E-state index in [9.17, 15) is 15.0 Å². The Bertz CT molecular complexity index is 1090. The van der Waals surface area contributed by atoms with Gasteiger partial charge < -0.3 is 25.6 Å². The molecule has 1 saturated carbocycles. The van der Waals surface area contributed by atoms with Crippen LogP contribution in [0.2, 0.25) is 0 Å². The lowest BCUT2D eigenvalue weighted by Crippen LogP contribution is -2.57. The van der Waals surface area contributed by atoms with Crippen LogP contribution in [0.1, 0.15) is 55.2 Å². The van der Waals surface area contributed by atoms with Gasteiger partial charge in [-0.05, 0) is 36.2 Å². The standard InChI is InChI=1S/C29H42N4O4S/c1-28-9-8-24(35)29(2,19-34)23(28)17-22-26(32-27(38-22)31-18-20-6-4-3-5-7-20)21(28)16-25(36)30-10-11-33-12-14-37-15-13-33/h3-7,21,23-24,34-35H,8-19H2,1-2H3,(H,30,36)(H,31,32). The summed E-state index contributed by atoms with van der Waals surface area (Å²) in [7, 11) is 0. The van der Waals surface area contributed by atoms with Gasteiger partial charge in [0, 0.05) is 55.4 Å². The highest BCUT2D eigenvalue weighted by Crippen LogP contribution is 2.62. The van der Waals surface area contributed by atoms with Crippen molar-refractivity contribution in [3.8, 4) is 0 Å². The Balaban J connectivity index is 1.36. The first-order valence-corrected chi connectivity index (χ1v) is 14.8. The molecular formula is C29H42N4O4S. The Morgan fingerprint density at radius 2 is 2.00 bits per heavy atom. The van der Waals surface area contributed by atoms with Crippen molar-refractivity contribution in [3.05, 3.63) is 46.5 Å². The minimum absolute atomic E-state index is 0.0414. The van der Waals surface area contributed by atoms with E-state index in [0.29, 0.717) is 25.9 Å². The second kappa shape index (κ2) is 11.6. The number of aliphatic hydroxyl groups excluding tert-OH is 2. The summed E-state index contributed by atoms with van der Waals surface area (Å²) in [6.07, 6.45) is 2.00.